The monoisotopic (exact) mass is 477 g/mol. The largest absolute Gasteiger partial charge is 0.478 e. The smallest absolute Gasteiger partial charge is 0.339 e. The van der Waals surface area contributed by atoms with Crippen molar-refractivity contribution in [2.45, 2.75) is 54.8 Å². The third kappa shape index (κ3) is 4.76. The molecule has 0 spiro atoms. The first-order chi connectivity index (χ1) is 15.6. The van der Waals surface area contributed by atoms with Crippen LogP contribution in [0.15, 0.2) is 18.2 Å². The number of hydrogen-bond acceptors (Lipinski definition) is 13. The average Bonchev–Trinajstić information content (AvgIpc) is 3.06. The van der Waals surface area contributed by atoms with Crippen LogP contribution in [0.3, 0.4) is 0 Å². The molecule has 2 heterocycles. The number of anilines is 1. The van der Waals surface area contributed by atoms with Crippen molar-refractivity contribution in [1.29, 1.82) is 0 Å². The van der Waals surface area contributed by atoms with E-state index < -0.39 is 86.2 Å². The SMILES string of the molecule is Nc1ccc(OC2(CO)O[C@H](CO)[C@@H](O[C@@H]3O[C@H](CO)[C@H](O)[C@H](O)[C@H]3O)[C@@H]2O)c(C(=O)O)c1. The number of rotatable bonds is 8. The molecule has 1 unspecified atom stereocenters. The minimum Gasteiger partial charge on any atom is -0.478 e. The standard InChI is InChI=1S/C19H27NO13/c20-7-1-2-9(8(3-7)17(28)29)32-19(6-23)16(27)15(11(5-22)33-19)31-18-14(26)13(25)12(24)10(4-21)30-18/h1-3,10-16,18,21-27H,4-6,20H2,(H,28,29)/t10-,11-,12+,13+,14-,15-,16+,18+,19?/m1/s1. The molecule has 0 bridgehead atoms. The van der Waals surface area contributed by atoms with Crippen molar-refractivity contribution in [1.82, 2.24) is 0 Å². The fraction of sp³-hybridized carbons (Fsp3) is 0.632. The summed E-state index contributed by atoms with van der Waals surface area (Å²) in [5.41, 5.74) is 5.32. The molecule has 33 heavy (non-hydrogen) atoms. The second-order valence-electron chi connectivity index (χ2n) is 7.71. The van der Waals surface area contributed by atoms with Gasteiger partial charge in [0, 0.05) is 5.69 Å². The van der Waals surface area contributed by atoms with E-state index in [-0.39, 0.29) is 11.4 Å². The number of aliphatic hydroxyl groups excluding tert-OH is 7. The van der Waals surface area contributed by atoms with Crippen LogP contribution in [0.1, 0.15) is 10.4 Å². The number of aliphatic hydroxyl groups is 7. The molecule has 2 fully saturated rings. The van der Waals surface area contributed by atoms with Crippen molar-refractivity contribution < 1.29 is 64.6 Å². The molecule has 3 rings (SSSR count). The molecule has 2 aliphatic rings. The summed E-state index contributed by atoms with van der Waals surface area (Å²) in [6, 6.07) is 3.60. The molecular weight excluding hydrogens is 450 g/mol. The fourth-order valence-electron chi connectivity index (χ4n) is 3.72. The van der Waals surface area contributed by atoms with E-state index in [9.17, 15) is 45.6 Å². The molecule has 9 atom stereocenters. The number of carboxylic acid groups (broad SMARTS) is 1. The van der Waals surface area contributed by atoms with Crippen molar-refractivity contribution >= 4 is 11.7 Å². The number of nitrogen functional groups attached to an aromatic ring is 1. The Bertz CT molecular complexity index is 838. The van der Waals surface area contributed by atoms with Gasteiger partial charge in [0.25, 0.3) is 5.79 Å². The molecule has 0 saturated carbocycles. The molecule has 0 aliphatic carbocycles. The van der Waals surface area contributed by atoms with Crippen LogP contribution >= 0.6 is 0 Å². The molecule has 186 valence electrons. The highest BCUT2D eigenvalue weighted by atomic mass is 16.8. The summed E-state index contributed by atoms with van der Waals surface area (Å²) in [6.07, 6.45) is -13.0. The van der Waals surface area contributed by atoms with Crippen molar-refractivity contribution in [3.63, 3.8) is 0 Å². The van der Waals surface area contributed by atoms with Crippen LogP contribution in [0, 0.1) is 0 Å². The lowest BCUT2D eigenvalue weighted by atomic mass is 9.99. The molecule has 2 aliphatic heterocycles. The first-order valence-corrected chi connectivity index (χ1v) is 9.94. The van der Waals surface area contributed by atoms with Gasteiger partial charge in [-0.3, -0.25) is 0 Å². The van der Waals surface area contributed by atoms with E-state index in [1.54, 1.807) is 0 Å². The van der Waals surface area contributed by atoms with E-state index in [4.69, 9.17) is 24.7 Å². The lowest BCUT2D eigenvalue weighted by Gasteiger charge is -2.41. The first kappa shape index (κ1) is 25.5. The Hall–Kier alpha value is -2.11. The zero-order valence-corrected chi connectivity index (χ0v) is 17.2. The summed E-state index contributed by atoms with van der Waals surface area (Å²) in [4.78, 5) is 11.5. The summed E-state index contributed by atoms with van der Waals surface area (Å²) in [6.45, 7) is -2.50. The van der Waals surface area contributed by atoms with Gasteiger partial charge >= 0.3 is 5.97 Å². The molecule has 2 saturated heterocycles. The van der Waals surface area contributed by atoms with Gasteiger partial charge in [-0.15, -0.1) is 0 Å². The Kier molecular flexibility index (Phi) is 7.75. The Morgan fingerprint density at radius 1 is 1.03 bits per heavy atom. The zero-order valence-electron chi connectivity index (χ0n) is 17.2. The Balaban J connectivity index is 1.87. The second-order valence-corrected chi connectivity index (χ2v) is 7.71. The van der Waals surface area contributed by atoms with Crippen molar-refractivity contribution in [2.75, 3.05) is 25.6 Å². The lowest BCUT2D eigenvalue weighted by molar-refractivity contribution is -0.318. The fourth-order valence-corrected chi connectivity index (χ4v) is 3.72. The molecule has 0 radical (unpaired) electrons. The highest BCUT2D eigenvalue weighted by Gasteiger charge is 2.59. The van der Waals surface area contributed by atoms with Crippen molar-refractivity contribution in [3.05, 3.63) is 23.8 Å². The molecule has 1 aromatic rings. The predicted octanol–water partition coefficient (Wildman–Crippen LogP) is -4.03. The number of carboxylic acids is 1. The number of hydrogen-bond donors (Lipinski definition) is 9. The van der Waals surface area contributed by atoms with Crippen LogP contribution < -0.4 is 10.5 Å². The molecule has 0 amide bonds. The molecular formula is C19H27NO13. The van der Waals surface area contributed by atoms with Gasteiger partial charge in [0.1, 0.15) is 54.5 Å². The van der Waals surface area contributed by atoms with Crippen molar-refractivity contribution in [2.24, 2.45) is 0 Å². The lowest BCUT2D eigenvalue weighted by Crippen LogP contribution is -2.61. The number of benzene rings is 1. The van der Waals surface area contributed by atoms with Crippen LogP contribution in [0.5, 0.6) is 5.75 Å². The molecule has 14 heteroatoms. The Morgan fingerprint density at radius 2 is 1.70 bits per heavy atom. The predicted molar refractivity (Wildman–Crippen MR) is 105 cm³/mol. The van der Waals surface area contributed by atoms with Gasteiger partial charge in [0.05, 0.1) is 13.2 Å². The summed E-state index contributed by atoms with van der Waals surface area (Å²) in [5, 5.41) is 79.3. The third-order valence-corrected chi connectivity index (χ3v) is 5.54. The number of aromatic carboxylic acids is 1. The molecule has 10 N–H and O–H groups in total. The highest BCUT2D eigenvalue weighted by molar-refractivity contribution is 5.92. The molecule has 14 nitrogen and oxygen atoms in total. The van der Waals surface area contributed by atoms with Crippen molar-refractivity contribution in [3.8, 4) is 5.75 Å². The summed E-state index contributed by atoms with van der Waals surface area (Å²) >= 11 is 0. The van der Waals surface area contributed by atoms with Crippen LogP contribution in [0.25, 0.3) is 0 Å². The van der Waals surface area contributed by atoms with Gasteiger partial charge in [-0.25, -0.2) is 4.79 Å². The van der Waals surface area contributed by atoms with Crippen LogP contribution in [-0.4, -0.2) is 121 Å². The number of nitrogens with two attached hydrogens (primary N) is 1. The van der Waals surface area contributed by atoms with Gasteiger partial charge < -0.3 is 65.5 Å². The minimum absolute atomic E-state index is 0.114. The van der Waals surface area contributed by atoms with Gasteiger partial charge in [-0.2, -0.15) is 0 Å². The van der Waals surface area contributed by atoms with Gasteiger partial charge in [0.15, 0.2) is 12.4 Å². The van der Waals surface area contributed by atoms with Crippen LogP contribution in [-0.2, 0) is 14.2 Å². The number of carbonyl (C=O) groups is 1. The maximum Gasteiger partial charge on any atom is 0.339 e. The maximum absolute atomic E-state index is 11.5. The Labute approximate surface area is 186 Å². The summed E-state index contributed by atoms with van der Waals surface area (Å²) in [5.74, 6) is -4.02. The minimum atomic E-state index is -2.30. The topological polar surface area (TPSA) is 242 Å². The third-order valence-electron chi connectivity index (χ3n) is 5.54. The van der Waals surface area contributed by atoms with Crippen LogP contribution in [0.2, 0.25) is 0 Å². The number of ether oxygens (including phenoxy) is 4. The highest BCUT2D eigenvalue weighted by Crippen LogP contribution is 2.38. The second kappa shape index (κ2) is 10.0. The molecule has 1 aromatic carbocycles. The summed E-state index contributed by atoms with van der Waals surface area (Å²) < 4.78 is 21.8. The van der Waals surface area contributed by atoms with E-state index in [0.29, 0.717) is 0 Å². The van der Waals surface area contributed by atoms with E-state index in [2.05, 4.69) is 0 Å². The van der Waals surface area contributed by atoms with E-state index in [0.717, 1.165) is 6.07 Å². The van der Waals surface area contributed by atoms with Crippen LogP contribution in [0.4, 0.5) is 5.69 Å². The van der Waals surface area contributed by atoms with E-state index >= 15 is 0 Å². The van der Waals surface area contributed by atoms with E-state index in [1.807, 2.05) is 0 Å². The normalized spacial score (nSPS) is 38.9. The van der Waals surface area contributed by atoms with Gasteiger partial charge in [-0.1, -0.05) is 0 Å². The summed E-state index contributed by atoms with van der Waals surface area (Å²) in [7, 11) is 0. The zero-order chi connectivity index (χ0) is 24.5. The Morgan fingerprint density at radius 3 is 2.27 bits per heavy atom. The van der Waals surface area contributed by atoms with Gasteiger partial charge in [-0.05, 0) is 18.2 Å². The quantitative estimate of drug-likeness (QED) is 0.162. The average molecular weight is 477 g/mol. The van der Waals surface area contributed by atoms with Gasteiger partial charge in [0.2, 0.25) is 0 Å². The van der Waals surface area contributed by atoms with E-state index in [1.165, 1.54) is 12.1 Å². The first-order valence-electron chi connectivity index (χ1n) is 9.94. The molecule has 0 aromatic heterocycles. The maximum atomic E-state index is 11.5.